The fourth-order valence-corrected chi connectivity index (χ4v) is 0. The van der Waals surface area contributed by atoms with Gasteiger partial charge in [0.05, 0.1) is 0 Å². The first kappa shape index (κ1) is 63.7. The molecule has 26 heavy (non-hydrogen) atoms. The van der Waals surface area contributed by atoms with Gasteiger partial charge in [-0.15, -0.1) is 0 Å². The van der Waals surface area contributed by atoms with Gasteiger partial charge in [0.15, 0.2) is 0 Å². The first-order chi connectivity index (χ1) is 8.00. The molecule has 13 N–H and O–H groups in total. The maximum atomic E-state index is 8.88. The molecule has 0 aromatic carbocycles. The van der Waals surface area contributed by atoms with Gasteiger partial charge >= 0.3 is 223 Å². The van der Waals surface area contributed by atoms with Crippen LogP contribution < -0.4 is 0 Å². The molecule has 0 heterocycles. The Morgan fingerprint density at radius 3 is 0.462 bits per heavy atom. The molecule has 0 rings (SSSR count). The molecular weight excluding hydrogens is 597 g/mol. The van der Waals surface area contributed by atoms with Gasteiger partial charge < -0.3 is 49.5 Å². The van der Waals surface area contributed by atoms with Gasteiger partial charge in [0.2, 0.25) is 0 Å². The molecule has 0 amide bonds. The first-order valence-corrected chi connectivity index (χ1v) is 9.14. The van der Waals surface area contributed by atoms with Crippen LogP contribution in [-0.4, -0.2) is 256 Å². The first-order valence-electron chi connectivity index (χ1n) is 3.05. The third kappa shape index (κ3) is 634. The van der Waals surface area contributed by atoms with E-state index < -0.39 is 33.9 Å². The topological polar surface area (TPSA) is 339 Å². The maximum absolute atomic E-state index is 8.88. The van der Waals surface area contributed by atoms with Crippen molar-refractivity contribution in [1.82, 2.24) is 0 Å². The summed E-state index contributed by atoms with van der Waals surface area (Å²) >= 11 is 0. The van der Waals surface area contributed by atoms with E-state index >= 15 is 0 Å². The van der Waals surface area contributed by atoms with E-state index in [4.69, 9.17) is 75.3 Å². The van der Waals surface area contributed by atoms with Crippen LogP contribution in [0.15, 0.2) is 0 Å². The Labute approximate surface area is 296 Å². The molecule has 0 aliphatic heterocycles. The van der Waals surface area contributed by atoms with Gasteiger partial charge in [0.1, 0.15) is 0 Å². The summed E-state index contributed by atoms with van der Waals surface area (Å²) in [7, 11) is -18.6. The molecule has 0 unspecified atom stereocenters. The summed E-state index contributed by atoms with van der Waals surface area (Å²) in [4.78, 5) is 64.7. The van der Waals surface area contributed by atoms with Crippen LogP contribution in [0, 0.1) is 0 Å². The van der Waals surface area contributed by atoms with Gasteiger partial charge in [-0.1, -0.05) is 0 Å². The van der Waals surface area contributed by atoms with Crippen molar-refractivity contribution in [2.45, 2.75) is 0 Å². The summed E-state index contributed by atoms with van der Waals surface area (Å²) in [5.74, 6) is 0. The molecule has 0 fully saturated rings. The van der Waals surface area contributed by atoms with Gasteiger partial charge in [-0.3, -0.25) is 9.11 Å². The van der Waals surface area contributed by atoms with Crippen molar-refractivity contribution in [3.8, 4) is 0 Å². The average molecular weight is 621 g/mol. The van der Waals surface area contributed by atoms with Crippen LogP contribution in [0.25, 0.3) is 0 Å². The van der Waals surface area contributed by atoms with Crippen molar-refractivity contribution < 1.29 is 80.7 Å². The molecular formula is H23Ca5O17P3S. The molecule has 0 atom stereocenters. The predicted molar refractivity (Wildman–Crippen MR) is 103 cm³/mol. The molecule has 0 aliphatic rings. The normalized spacial score (nSPS) is 9.04. The molecule has 0 saturated heterocycles. The Hall–Kier alpha value is 6.46. The van der Waals surface area contributed by atoms with Gasteiger partial charge in [-0.2, -0.15) is 8.42 Å². The van der Waals surface area contributed by atoms with Crippen LogP contribution in [-0.2, 0) is 24.1 Å². The Balaban J connectivity index is -0.0000000152. The third-order valence-corrected chi connectivity index (χ3v) is 0. The minimum atomic E-state index is -4.67. The summed E-state index contributed by atoms with van der Waals surface area (Å²) in [6, 6.07) is 0. The van der Waals surface area contributed by atoms with Crippen LogP contribution in [0.4, 0.5) is 0 Å². The van der Waals surface area contributed by atoms with Crippen molar-refractivity contribution in [3.05, 3.63) is 0 Å². The van der Waals surface area contributed by atoms with Crippen LogP contribution in [0.1, 0.15) is 0 Å². The molecule has 0 spiro atoms. The molecule has 0 aromatic rings. The number of hydrogen-bond acceptors (Lipinski definition) is 5. The number of phosphoric acid groups is 3. The second-order valence-electron chi connectivity index (χ2n) is 1.99. The standard InChI is InChI=1S/5Ca.3H3O4P.H2O4S.H2O.10H/c;;;;;4*1-5(2,3)4;;;;;;;;;;;/h;;;;;3*(H3,1,2,3,4);(H2,1,2,3,4);1H2;;;;;;;;;;. The van der Waals surface area contributed by atoms with Crippen molar-refractivity contribution in [1.29, 1.82) is 0 Å². The van der Waals surface area contributed by atoms with Gasteiger partial charge in [-0.05, 0) is 0 Å². The van der Waals surface area contributed by atoms with E-state index in [9.17, 15) is 0 Å². The van der Waals surface area contributed by atoms with Crippen molar-refractivity contribution in [2.75, 3.05) is 0 Å². The van der Waals surface area contributed by atoms with Crippen molar-refractivity contribution >= 4 is 223 Å². The fourth-order valence-electron chi connectivity index (χ4n) is 0. The predicted octanol–water partition coefficient (Wildman–Crippen LogP) is -8.84. The molecule has 26 heteroatoms. The van der Waals surface area contributed by atoms with E-state index in [1.807, 2.05) is 0 Å². The van der Waals surface area contributed by atoms with E-state index in [1.54, 1.807) is 0 Å². The molecule has 0 saturated carbocycles. The van der Waals surface area contributed by atoms with E-state index in [0.717, 1.165) is 0 Å². The van der Waals surface area contributed by atoms with Crippen LogP contribution in [0.3, 0.4) is 0 Å². The van der Waals surface area contributed by atoms with Crippen molar-refractivity contribution in [2.24, 2.45) is 0 Å². The molecule has 0 aromatic heterocycles. The monoisotopic (exact) mass is 620 g/mol. The average Bonchev–Trinajstić information content (AvgIpc) is 1.62. The Morgan fingerprint density at radius 1 is 0.462 bits per heavy atom. The Morgan fingerprint density at radius 2 is 0.462 bits per heavy atom. The van der Waals surface area contributed by atoms with Crippen molar-refractivity contribution in [3.63, 3.8) is 0 Å². The molecule has 0 radical (unpaired) electrons. The zero-order valence-corrected chi connectivity index (χ0v) is 12.7. The van der Waals surface area contributed by atoms with Gasteiger partial charge in [0, 0.05) is 0 Å². The quantitative estimate of drug-likeness (QED) is 0.0680. The van der Waals surface area contributed by atoms with E-state index in [1.165, 1.54) is 0 Å². The van der Waals surface area contributed by atoms with E-state index in [-0.39, 0.29) is 194 Å². The second-order valence-corrected chi connectivity index (χ2v) is 5.96. The van der Waals surface area contributed by atoms with Crippen LogP contribution >= 0.6 is 23.5 Å². The van der Waals surface area contributed by atoms with Gasteiger partial charge in [0.25, 0.3) is 0 Å². The van der Waals surface area contributed by atoms with E-state index in [2.05, 4.69) is 0 Å². The second kappa shape index (κ2) is 31.5. The minimum absolute atomic E-state index is 0. The summed E-state index contributed by atoms with van der Waals surface area (Å²) in [6.07, 6.45) is 0. The van der Waals surface area contributed by atoms with E-state index in [0.29, 0.717) is 0 Å². The third-order valence-electron chi connectivity index (χ3n) is 0. The van der Waals surface area contributed by atoms with Gasteiger partial charge in [-0.25, -0.2) is 13.7 Å². The number of hydrogen-bond donors (Lipinski definition) is 11. The zero-order valence-electron chi connectivity index (χ0n) is 9.21. The summed E-state index contributed by atoms with van der Waals surface area (Å²) in [5.41, 5.74) is 0. The summed E-state index contributed by atoms with van der Waals surface area (Å²) < 4.78 is 58.2. The SMILES string of the molecule is O.O=P(O)(O)O.O=P(O)(O)O.O=P(O)(O)O.O=S(=O)(O)O.[CaH2].[CaH2].[CaH2].[CaH2].[CaH2]. The Bertz CT molecular complexity index is 388. The Kier molecular flexibility index (Phi) is 77.1. The molecule has 0 aliphatic carbocycles. The molecule has 17 nitrogen and oxygen atoms in total. The summed E-state index contributed by atoms with van der Waals surface area (Å²) in [5, 5.41) is 0. The number of rotatable bonds is 0. The van der Waals surface area contributed by atoms with Crippen LogP contribution in [0.2, 0.25) is 0 Å². The molecule has 0 bridgehead atoms. The fraction of sp³-hybridized carbons (Fsp3) is 0. The zero-order chi connectivity index (χ0) is 18.0. The summed E-state index contributed by atoms with van der Waals surface area (Å²) in [6.45, 7) is 0. The molecule has 156 valence electrons. The van der Waals surface area contributed by atoms with Crippen LogP contribution in [0.5, 0.6) is 0 Å².